The van der Waals surface area contributed by atoms with Gasteiger partial charge in [0.25, 0.3) is 0 Å². The number of hydrogen-bond acceptors (Lipinski definition) is 4. The molecule has 4 nitrogen and oxygen atoms in total. The first-order chi connectivity index (χ1) is 12.9. The Morgan fingerprint density at radius 1 is 0.852 bits per heavy atom. The van der Waals surface area contributed by atoms with E-state index in [4.69, 9.17) is 8.85 Å². The van der Waals surface area contributed by atoms with Crippen molar-refractivity contribution in [1.82, 2.24) is 0 Å². The summed E-state index contributed by atoms with van der Waals surface area (Å²) in [6, 6.07) is 6.83. The molecule has 0 fully saturated rings. The van der Waals surface area contributed by atoms with Crippen LogP contribution >= 0.6 is 0 Å². The van der Waals surface area contributed by atoms with E-state index in [1.807, 2.05) is 0 Å². The number of ether oxygens (including phenoxy) is 1. The molecular formula is C21H42O4Si2. The second-order valence-corrected chi connectivity index (χ2v) is 16.7. The Kier molecular flexibility index (Phi) is 14.1. The maximum absolute atomic E-state index is 11.2. The van der Waals surface area contributed by atoms with E-state index in [1.54, 1.807) is 0 Å². The van der Waals surface area contributed by atoms with Gasteiger partial charge in [-0.1, -0.05) is 41.5 Å². The van der Waals surface area contributed by atoms with Crippen LogP contribution in [0.1, 0.15) is 60.8 Å². The van der Waals surface area contributed by atoms with Gasteiger partial charge in [-0.3, -0.25) is 4.79 Å². The van der Waals surface area contributed by atoms with Gasteiger partial charge in [-0.2, -0.15) is 0 Å². The zero-order valence-corrected chi connectivity index (χ0v) is 20.8. The first-order valence-corrected chi connectivity index (χ1v) is 15.8. The maximum atomic E-state index is 11.2. The lowest BCUT2D eigenvalue weighted by molar-refractivity contribution is -0.140. The summed E-state index contributed by atoms with van der Waals surface area (Å²) in [7, 11) is -1.93. The van der Waals surface area contributed by atoms with Gasteiger partial charge in [0.2, 0.25) is 0 Å². The predicted octanol–water partition coefficient (Wildman–Crippen LogP) is 5.75. The van der Waals surface area contributed by atoms with E-state index in [0.29, 0.717) is 25.9 Å². The molecule has 1 atom stereocenters. The average Bonchev–Trinajstić information content (AvgIpc) is 2.72. The number of carbonyl (C=O) groups excluding carboxylic acids is 1. The quantitative estimate of drug-likeness (QED) is 0.206. The average molecular weight is 415 g/mol. The van der Waals surface area contributed by atoms with Crippen LogP contribution in [0.5, 0.6) is 0 Å². The van der Waals surface area contributed by atoms with Gasteiger partial charge >= 0.3 is 5.97 Å². The number of esters is 1. The molecule has 0 bridgehead atoms. The van der Waals surface area contributed by atoms with Crippen LogP contribution in [-0.4, -0.2) is 42.4 Å². The van der Waals surface area contributed by atoms with Gasteiger partial charge in [0.1, 0.15) is 0 Å². The van der Waals surface area contributed by atoms with E-state index in [9.17, 15) is 4.79 Å². The molecule has 0 aromatic rings. The molecule has 0 saturated heterocycles. The summed E-state index contributed by atoms with van der Waals surface area (Å²) in [4.78, 5) is 11.2. The maximum Gasteiger partial charge on any atom is 0.306 e. The van der Waals surface area contributed by atoms with E-state index in [2.05, 4.69) is 58.1 Å². The van der Waals surface area contributed by atoms with E-state index in [-0.39, 0.29) is 12.1 Å². The first-order valence-electron chi connectivity index (χ1n) is 10.7. The highest BCUT2D eigenvalue weighted by Gasteiger charge is 2.34. The van der Waals surface area contributed by atoms with Gasteiger partial charge < -0.3 is 13.6 Å². The topological polar surface area (TPSA) is 44.8 Å². The summed E-state index contributed by atoms with van der Waals surface area (Å²) in [5, 5.41) is 0. The van der Waals surface area contributed by atoms with Gasteiger partial charge in [0.15, 0.2) is 16.6 Å². The van der Waals surface area contributed by atoms with E-state index >= 15 is 0 Å². The lowest BCUT2D eigenvalue weighted by Gasteiger charge is -2.35. The highest BCUT2D eigenvalue weighted by molar-refractivity contribution is 6.74. The third-order valence-electron chi connectivity index (χ3n) is 5.99. The fraction of sp³-hybridized carbons (Fsp3) is 0.857. The molecule has 0 aliphatic heterocycles. The fourth-order valence-electron chi connectivity index (χ4n) is 3.36. The normalized spacial score (nSPS) is 13.0. The molecule has 158 valence electrons. The zero-order chi connectivity index (χ0) is 20.8. The Morgan fingerprint density at radius 2 is 1.37 bits per heavy atom. The summed E-state index contributed by atoms with van der Waals surface area (Å²) < 4.78 is 17.9. The summed E-state index contributed by atoms with van der Waals surface area (Å²) >= 11 is 0. The van der Waals surface area contributed by atoms with Gasteiger partial charge in [-0.05, 0) is 36.3 Å². The Balaban J connectivity index is 5.04. The Morgan fingerprint density at radius 3 is 1.81 bits per heavy atom. The first kappa shape index (κ1) is 26.4. The third kappa shape index (κ3) is 9.42. The molecule has 0 aromatic carbocycles. The van der Waals surface area contributed by atoms with Crippen LogP contribution < -0.4 is 0 Å². The minimum atomic E-state index is -1.71. The highest BCUT2D eigenvalue weighted by atomic mass is 28.4. The SMILES string of the molecule is CC[Si](CC)(CC)OC[C@H](CC#CCCC(=O)OC)O[Si](CC)(CC)CC. The molecular weight excluding hydrogens is 372 g/mol. The lowest BCUT2D eigenvalue weighted by atomic mass is 10.2. The van der Waals surface area contributed by atoms with Gasteiger partial charge in [0, 0.05) is 12.8 Å². The van der Waals surface area contributed by atoms with Gasteiger partial charge in [-0.15, -0.1) is 11.8 Å². The molecule has 0 heterocycles. The number of carbonyl (C=O) groups is 1. The van der Waals surface area contributed by atoms with Crippen LogP contribution in [0, 0.1) is 11.8 Å². The monoisotopic (exact) mass is 414 g/mol. The van der Waals surface area contributed by atoms with Crippen LogP contribution in [0.4, 0.5) is 0 Å². The smallest absolute Gasteiger partial charge is 0.306 e. The van der Waals surface area contributed by atoms with Gasteiger partial charge in [-0.25, -0.2) is 0 Å². The minimum absolute atomic E-state index is 0.0404. The van der Waals surface area contributed by atoms with Crippen molar-refractivity contribution in [1.29, 1.82) is 0 Å². The predicted molar refractivity (Wildman–Crippen MR) is 119 cm³/mol. The van der Waals surface area contributed by atoms with Crippen LogP contribution in [-0.2, 0) is 18.4 Å². The molecule has 0 aliphatic rings. The molecule has 27 heavy (non-hydrogen) atoms. The van der Waals surface area contributed by atoms with Crippen molar-refractivity contribution in [3.8, 4) is 11.8 Å². The molecule has 0 N–H and O–H groups in total. The lowest BCUT2D eigenvalue weighted by Crippen LogP contribution is -2.44. The summed E-state index contributed by atoms with van der Waals surface area (Å²) in [6.07, 6.45) is 1.60. The minimum Gasteiger partial charge on any atom is -0.469 e. The van der Waals surface area contributed by atoms with Crippen LogP contribution in [0.25, 0.3) is 0 Å². The fourth-order valence-corrected chi connectivity index (χ4v) is 8.87. The number of methoxy groups -OCH3 is 1. The van der Waals surface area contributed by atoms with Crippen molar-refractivity contribution in [2.45, 2.75) is 103 Å². The Hall–Kier alpha value is -0.616. The zero-order valence-electron chi connectivity index (χ0n) is 18.8. The second kappa shape index (κ2) is 14.4. The molecule has 0 spiro atoms. The summed E-state index contributed by atoms with van der Waals surface area (Å²) in [5.74, 6) is 6.12. The third-order valence-corrected chi connectivity index (χ3v) is 15.3. The van der Waals surface area contributed by atoms with Crippen LogP contribution in [0.15, 0.2) is 0 Å². The van der Waals surface area contributed by atoms with Crippen molar-refractivity contribution in [2.75, 3.05) is 13.7 Å². The summed E-state index contributed by atoms with van der Waals surface area (Å²) in [5.41, 5.74) is 0. The van der Waals surface area contributed by atoms with E-state index in [0.717, 1.165) is 36.3 Å². The van der Waals surface area contributed by atoms with Crippen molar-refractivity contribution in [2.24, 2.45) is 0 Å². The molecule has 0 unspecified atom stereocenters. The van der Waals surface area contributed by atoms with Crippen molar-refractivity contribution < 1.29 is 18.4 Å². The van der Waals surface area contributed by atoms with Crippen molar-refractivity contribution in [3.05, 3.63) is 0 Å². The second-order valence-electron chi connectivity index (χ2n) is 7.17. The highest BCUT2D eigenvalue weighted by Crippen LogP contribution is 2.27. The molecule has 6 heteroatoms. The molecule has 0 saturated carbocycles. The Labute approximate surface area is 170 Å². The molecule has 0 aliphatic carbocycles. The van der Waals surface area contributed by atoms with E-state index in [1.165, 1.54) is 7.11 Å². The number of hydrogen-bond donors (Lipinski definition) is 0. The largest absolute Gasteiger partial charge is 0.469 e. The molecule has 0 aromatic heterocycles. The van der Waals surface area contributed by atoms with Crippen molar-refractivity contribution in [3.63, 3.8) is 0 Å². The van der Waals surface area contributed by atoms with Gasteiger partial charge in [0.05, 0.1) is 26.2 Å². The molecule has 0 amide bonds. The number of rotatable bonds is 14. The van der Waals surface area contributed by atoms with Crippen molar-refractivity contribution >= 4 is 22.6 Å². The van der Waals surface area contributed by atoms with Crippen LogP contribution in [0.2, 0.25) is 36.3 Å². The standard InChI is InChI=1S/C21H42O4Si2/c1-8-26(9-2,10-3)24-19-20(25-27(11-4,12-5)13-6)17-15-14-16-18-21(22)23-7/h20H,8-13,16-19H2,1-7H3/t20-/m0/s1. The molecule has 0 rings (SSSR count). The van der Waals surface area contributed by atoms with E-state index < -0.39 is 16.6 Å². The molecule has 0 radical (unpaired) electrons. The Bertz CT molecular complexity index is 446. The summed E-state index contributed by atoms with van der Waals surface area (Å²) in [6.45, 7) is 14.2. The van der Waals surface area contributed by atoms with Crippen LogP contribution in [0.3, 0.4) is 0 Å².